The van der Waals surface area contributed by atoms with E-state index in [1.807, 2.05) is 24.3 Å². The van der Waals surface area contributed by atoms with Crippen LogP contribution in [0.5, 0.6) is 0 Å². The maximum atomic E-state index is 5.56. The van der Waals surface area contributed by atoms with Crippen LogP contribution in [0.3, 0.4) is 0 Å². The summed E-state index contributed by atoms with van der Waals surface area (Å²) in [4.78, 5) is 16.5. The number of allylic oxidation sites excluding steroid dienone is 4. The quantitative estimate of drug-likeness (QED) is 0.108. The van der Waals surface area contributed by atoms with Crippen LogP contribution in [-0.4, -0.2) is 24.1 Å². The minimum absolute atomic E-state index is 0.541. The Labute approximate surface area is 499 Å². The summed E-state index contributed by atoms with van der Waals surface area (Å²) in [5.74, 6) is 1.64. The zero-order valence-corrected chi connectivity index (χ0v) is 47.1. The molecule has 15 aromatic rings. The van der Waals surface area contributed by atoms with Crippen molar-refractivity contribution in [2.24, 2.45) is 0 Å². The summed E-state index contributed by atoms with van der Waals surface area (Å²) in [6.07, 6.45) is 5.66. The SMILES string of the molecule is C=C/C=C(\C=C)c1cc(-c2ccccc2)cc(-c2nc(-c3ccc(-c4ccccc4)cc3)nc(-c3cc(-c4ccccc4)c(-n4c5ccc(-n6c7ccccc7c7ccccc76)cc5c5c(-c6ccccc6)cccc54)c(-c4ccccc4)c3)n2)c1. The normalized spacial score (nSPS) is 11.7. The van der Waals surface area contributed by atoms with Gasteiger partial charge in [-0.05, 0) is 122 Å². The zero-order valence-electron chi connectivity index (χ0n) is 47.1. The lowest BCUT2D eigenvalue weighted by atomic mass is 9.92. The van der Waals surface area contributed by atoms with Crippen molar-refractivity contribution in [3.05, 3.63) is 328 Å². The molecule has 5 nitrogen and oxygen atoms in total. The molecule has 0 saturated heterocycles. The average molecular weight is 1100 g/mol. The maximum Gasteiger partial charge on any atom is 0.164 e. The smallest absolute Gasteiger partial charge is 0.164 e. The Morgan fingerprint density at radius 3 is 1.28 bits per heavy atom. The number of hydrogen-bond donors (Lipinski definition) is 0. The number of rotatable bonds is 13. The minimum Gasteiger partial charge on any atom is -0.309 e. The van der Waals surface area contributed by atoms with Gasteiger partial charge in [0.1, 0.15) is 0 Å². The van der Waals surface area contributed by atoms with Crippen LogP contribution in [0.2, 0.25) is 0 Å². The van der Waals surface area contributed by atoms with Crippen LogP contribution in [0, 0.1) is 0 Å². The molecular weight excluding hydrogens is 1040 g/mol. The molecule has 0 atom stereocenters. The van der Waals surface area contributed by atoms with Gasteiger partial charge in [0.2, 0.25) is 0 Å². The predicted molar refractivity (Wildman–Crippen MR) is 360 cm³/mol. The highest BCUT2D eigenvalue weighted by atomic mass is 15.0. The number of nitrogens with zero attached hydrogens (tertiary/aromatic N) is 5. The van der Waals surface area contributed by atoms with Gasteiger partial charge in [0.05, 0.1) is 27.8 Å². The van der Waals surface area contributed by atoms with E-state index in [1.165, 1.54) is 16.2 Å². The lowest BCUT2D eigenvalue weighted by Crippen LogP contribution is -2.04. The van der Waals surface area contributed by atoms with Gasteiger partial charge in [-0.25, -0.2) is 15.0 Å². The van der Waals surface area contributed by atoms with Crippen molar-refractivity contribution < 1.29 is 0 Å². The lowest BCUT2D eigenvalue weighted by Gasteiger charge is -2.21. The van der Waals surface area contributed by atoms with E-state index in [0.29, 0.717) is 17.5 Å². The van der Waals surface area contributed by atoms with E-state index >= 15 is 0 Å². The van der Waals surface area contributed by atoms with E-state index in [2.05, 4.69) is 301 Å². The van der Waals surface area contributed by atoms with E-state index in [1.54, 1.807) is 6.08 Å². The second-order valence-corrected chi connectivity index (χ2v) is 21.6. The molecule has 0 amide bonds. The molecule has 86 heavy (non-hydrogen) atoms. The van der Waals surface area contributed by atoms with Gasteiger partial charge in [0.15, 0.2) is 17.5 Å². The summed E-state index contributed by atoms with van der Waals surface area (Å²) in [5, 5.41) is 4.76. The van der Waals surface area contributed by atoms with Crippen molar-refractivity contribution >= 4 is 49.2 Å². The molecule has 0 saturated carbocycles. The Morgan fingerprint density at radius 1 is 0.302 bits per heavy atom. The molecule has 404 valence electrons. The highest BCUT2D eigenvalue weighted by molar-refractivity contribution is 6.18. The van der Waals surface area contributed by atoms with Gasteiger partial charge >= 0.3 is 0 Å². The standard InChI is InChI=1S/C81H55N5/c1-3-25-54(4-2)62-48-63(56-28-12-6-13-29-56)50-64(49-62)80-82-79(61-44-42-57(43-45-61)55-26-10-5-11-27-55)83-81(84-80)65-51-70(59-32-16-8-17-33-59)78(71(52-65)60-34-18-9-19-35-60)86-75-47-46-66(85-73-39-22-20-36-68(73)69-37-21-23-40-74(69)85)53-72(75)77-67(38-24-41-76(77)86)58-30-14-7-15-31-58/h3-53H,1-2H2/b54-25+. The van der Waals surface area contributed by atoms with Crippen molar-refractivity contribution in [1.29, 1.82) is 0 Å². The van der Waals surface area contributed by atoms with Crippen LogP contribution in [0.15, 0.2) is 323 Å². The fourth-order valence-corrected chi connectivity index (χ4v) is 12.5. The molecule has 0 N–H and O–H groups in total. The second kappa shape index (κ2) is 22.0. The Balaban J connectivity index is 1.02. The van der Waals surface area contributed by atoms with Gasteiger partial charge in [-0.3, -0.25) is 0 Å². The van der Waals surface area contributed by atoms with Crippen molar-refractivity contribution in [2.75, 3.05) is 0 Å². The van der Waals surface area contributed by atoms with Crippen molar-refractivity contribution in [1.82, 2.24) is 24.1 Å². The summed E-state index contributed by atoms with van der Waals surface area (Å²) in [5.41, 5.74) is 21.9. The number of para-hydroxylation sites is 2. The first-order chi connectivity index (χ1) is 42.6. The molecule has 0 unspecified atom stereocenters. The van der Waals surface area contributed by atoms with Crippen LogP contribution >= 0.6 is 0 Å². The first-order valence-electron chi connectivity index (χ1n) is 29.1. The number of aromatic nitrogens is 5. The molecule has 5 heteroatoms. The summed E-state index contributed by atoms with van der Waals surface area (Å²) >= 11 is 0. The molecule has 0 fully saturated rings. The van der Waals surface area contributed by atoms with Gasteiger partial charge in [-0.1, -0.05) is 256 Å². The van der Waals surface area contributed by atoms with Crippen LogP contribution < -0.4 is 0 Å². The lowest BCUT2D eigenvalue weighted by molar-refractivity contribution is 1.07. The van der Waals surface area contributed by atoms with Crippen molar-refractivity contribution in [2.45, 2.75) is 0 Å². The summed E-state index contributed by atoms with van der Waals surface area (Å²) in [6.45, 7) is 8.26. The van der Waals surface area contributed by atoms with E-state index in [4.69, 9.17) is 15.0 Å². The molecule has 0 radical (unpaired) electrons. The molecule has 15 rings (SSSR count). The third-order valence-electron chi connectivity index (χ3n) is 16.5. The number of hydrogen-bond acceptors (Lipinski definition) is 3. The van der Waals surface area contributed by atoms with E-state index in [-0.39, 0.29) is 0 Å². The van der Waals surface area contributed by atoms with Crippen molar-refractivity contribution in [3.8, 4) is 101 Å². The highest BCUT2D eigenvalue weighted by Gasteiger charge is 2.26. The third kappa shape index (κ3) is 9.21. The Kier molecular flexibility index (Phi) is 13.1. The molecule has 12 aromatic carbocycles. The maximum absolute atomic E-state index is 5.56. The first kappa shape index (κ1) is 51.4. The zero-order chi connectivity index (χ0) is 57.5. The number of fused-ring (bicyclic) bond motifs is 6. The van der Waals surface area contributed by atoms with E-state index < -0.39 is 0 Å². The number of benzene rings is 12. The molecule has 0 aliphatic carbocycles. The molecule has 0 bridgehead atoms. The van der Waals surface area contributed by atoms with E-state index in [9.17, 15) is 0 Å². The largest absolute Gasteiger partial charge is 0.309 e. The summed E-state index contributed by atoms with van der Waals surface area (Å²) in [7, 11) is 0. The molecule has 0 aliphatic heterocycles. The molecule has 3 aromatic heterocycles. The average Bonchev–Trinajstić information content (AvgIpc) is 1.73. The fourth-order valence-electron chi connectivity index (χ4n) is 12.5. The Bertz CT molecular complexity index is 4980. The van der Waals surface area contributed by atoms with Gasteiger partial charge in [-0.15, -0.1) is 0 Å². The Hall–Kier alpha value is -11.5. The fraction of sp³-hybridized carbons (Fsp3) is 0. The molecular formula is C81H55N5. The third-order valence-corrected chi connectivity index (χ3v) is 16.5. The monoisotopic (exact) mass is 1100 g/mol. The summed E-state index contributed by atoms with van der Waals surface area (Å²) in [6, 6.07) is 104. The topological polar surface area (TPSA) is 48.5 Å². The van der Waals surface area contributed by atoms with E-state index in [0.717, 1.165) is 122 Å². The van der Waals surface area contributed by atoms with Crippen LogP contribution in [0.25, 0.3) is 150 Å². The van der Waals surface area contributed by atoms with Crippen LogP contribution in [0.1, 0.15) is 5.56 Å². The van der Waals surface area contributed by atoms with Crippen LogP contribution in [0.4, 0.5) is 0 Å². The second-order valence-electron chi connectivity index (χ2n) is 21.6. The van der Waals surface area contributed by atoms with Gasteiger partial charge in [-0.2, -0.15) is 0 Å². The van der Waals surface area contributed by atoms with Crippen LogP contribution in [-0.2, 0) is 0 Å². The van der Waals surface area contributed by atoms with Gasteiger partial charge < -0.3 is 9.13 Å². The molecule has 0 spiro atoms. The summed E-state index contributed by atoms with van der Waals surface area (Å²) < 4.78 is 4.92. The van der Waals surface area contributed by atoms with Gasteiger partial charge in [0, 0.05) is 55.0 Å². The molecule has 3 heterocycles. The first-order valence-corrected chi connectivity index (χ1v) is 29.1. The predicted octanol–water partition coefficient (Wildman–Crippen LogP) is 21.2. The highest BCUT2D eigenvalue weighted by Crippen LogP contribution is 2.47. The van der Waals surface area contributed by atoms with Gasteiger partial charge in [0.25, 0.3) is 0 Å². The van der Waals surface area contributed by atoms with Crippen molar-refractivity contribution in [3.63, 3.8) is 0 Å². The molecule has 0 aliphatic rings. The minimum atomic E-state index is 0.541. The Morgan fingerprint density at radius 2 is 0.733 bits per heavy atom.